The van der Waals surface area contributed by atoms with Gasteiger partial charge in [-0.15, -0.1) is 0 Å². The second-order valence-electron chi connectivity index (χ2n) is 6.20. The van der Waals surface area contributed by atoms with E-state index in [2.05, 4.69) is 4.72 Å². The minimum atomic E-state index is -4.11. The summed E-state index contributed by atoms with van der Waals surface area (Å²) in [5.41, 5.74) is -1.36. The van der Waals surface area contributed by atoms with Crippen LogP contribution in [-0.2, 0) is 24.8 Å². The second-order valence-corrected chi connectivity index (χ2v) is 9.87. The normalized spacial score (nSPS) is 17.8. The predicted octanol–water partition coefficient (Wildman–Crippen LogP) is -0.189. The fraction of sp³-hybridized carbons (Fsp3) is 0.500. The zero-order valence-electron chi connectivity index (χ0n) is 14.0. The van der Waals surface area contributed by atoms with Crippen LogP contribution in [0.15, 0.2) is 23.1 Å². The number of carbonyl (C=O) groups excluding carboxylic acids is 1. The van der Waals surface area contributed by atoms with Crippen molar-refractivity contribution in [2.75, 3.05) is 23.7 Å². The first kappa shape index (κ1) is 19.6. The largest absolute Gasteiger partial charge is 0.495 e. The molecule has 1 saturated heterocycles. The number of sulfonamides is 2. The minimum Gasteiger partial charge on any atom is -0.495 e. The van der Waals surface area contributed by atoms with Crippen molar-refractivity contribution in [3.8, 4) is 5.75 Å². The summed E-state index contributed by atoms with van der Waals surface area (Å²) in [6.07, 6.45) is -0.159. The van der Waals surface area contributed by atoms with Gasteiger partial charge in [-0.05, 0) is 32.0 Å². The lowest BCUT2D eigenvalue weighted by atomic mass is 10.1. The molecule has 0 aromatic heterocycles. The molecule has 0 spiro atoms. The molecule has 2 rings (SSSR count). The van der Waals surface area contributed by atoms with E-state index in [1.54, 1.807) is 0 Å². The van der Waals surface area contributed by atoms with Gasteiger partial charge in [-0.2, -0.15) is 0 Å². The fourth-order valence-electron chi connectivity index (χ4n) is 2.22. The summed E-state index contributed by atoms with van der Waals surface area (Å²) in [6, 6.07) is 3.63. The molecule has 11 heteroatoms. The van der Waals surface area contributed by atoms with E-state index in [-0.39, 0.29) is 35.1 Å². The molecule has 1 aliphatic rings. The number of nitrogens with one attached hydrogen (secondary N) is 1. The molecule has 1 fully saturated rings. The lowest BCUT2D eigenvalue weighted by molar-refractivity contribution is -0.116. The van der Waals surface area contributed by atoms with Gasteiger partial charge in [0.1, 0.15) is 10.6 Å². The minimum absolute atomic E-state index is 0.0176. The maximum Gasteiger partial charge on any atom is 0.244 e. The van der Waals surface area contributed by atoms with E-state index in [1.165, 1.54) is 33.1 Å². The van der Waals surface area contributed by atoms with Gasteiger partial charge >= 0.3 is 0 Å². The van der Waals surface area contributed by atoms with E-state index in [9.17, 15) is 26.7 Å². The Morgan fingerprint density at radius 3 is 2.48 bits per heavy atom. The van der Waals surface area contributed by atoms with E-state index in [1.807, 2.05) is 0 Å². The molecule has 1 aliphatic heterocycles. The van der Waals surface area contributed by atoms with Gasteiger partial charge in [-0.3, -0.25) is 4.79 Å². The number of benzene rings is 1. The van der Waals surface area contributed by atoms with Crippen LogP contribution in [0.2, 0.25) is 0 Å². The molecule has 2 N–H and O–H groups in total. The molecule has 1 aromatic carbocycles. The van der Waals surface area contributed by atoms with Gasteiger partial charge in [0.15, 0.2) is 0 Å². The van der Waals surface area contributed by atoms with Crippen molar-refractivity contribution >= 4 is 31.6 Å². The number of rotatable bonds is 6. The van der Waals surface area contributed by atoms with Gasteiger partial charge in [0, 0.05) is 13.0 Å². The Morgan fingerprint density at radius 1 is 1.36 bits per heavy atom. The van der Waals surface area contributed by atoms with Crippen LogP contribution in [0.3, 0.4) is 0 Å². The summed E-state index contributed by atoms with van der Waals surface area (Å²) in [4.78, 5) is 11.6. The fourth-order valence-corrected chi connectivity index (χ4v) is 5.06. The molecule has 0 atom stereocenters. The first-order valence-corrected chi connectivity index (χ1v) is 10.4. The highest BCUT2D eigenvalue weighted by atomic mass is 32.2. The zero-order valence-corrected chi connectivity index (χ0v) is 15.6. The van der Waals surface area contributed by atoms with Crippen LogP contribution >= 0.6 is 0 Å². The molecule has 0 unspecified atom stereocenters. The van der Waals surface area contributed by atoms with Crippen molar-refractivity contribution in [1.29, 1.82) is 0 Å². The summed E-state index contributed by atoms with van der Waals surface area (Å²) in [6.45, 7) is 2.60. The Hall–Kier alpha value is -1.69. The maximum absolute atomic E-state index is 12.5. The number of carbonyl (C=O) groups is 1. The number of amides is 1. The molecular weight excluding hydrogens is 372 g/mol. The van der Waals surface area contributed by atoms with E-state index in [4.69, 9.17) is 4.74 Å². The molecule has 0 bridgehead atoms. The first-order chi connectivity index (χ1) is 11.4. The van der Waals surface area contributed by atoms with Gasteiger partial charge in [0.2, 0.25) is 26.0 Å². The van der Waals surface area contributed by atoms with Gasteiger partial charge in [-0.25, -0.2) is 25.9 Å². The van der Waals surface area contributed by atoms with Gasteiger partial charge in [-0.1, -0.05) is 0 Å². The molecule has 0 aliphatic carbocycles. The Bertz CT molecular complexity index is 886. The number of methoxy groups -OCH3 is 1. The molecule has 0 saturated carbocycles. The van der Waals surface area contributed by atoms with Crippen molar-refractivity contribution in [2.24, 2.45) is 0 Å². The number of anilines is 1. The van der Waals surface area contributed by atoms with Crippen molar-refractivity contribution in [2.45, 2.75) is 30.8 Å². The smallest absolute Gasteiger partial charge is 0.244 e. The van der Waals surface area contributed by atoms with Crippen LogP contribution in [0.5, 0.6) is 5.75 Å². The lowest BCUT2D eigenvalue weighted by Gasteiger charge is -2.20. The summed E-state index contributed by atoms with van der Waals surface area (Å²) < 4.78 is 56.9. The third-order valence-corrected chi connectivity index (χ3v) is 6.56. The van der Waals surface area contributed by atoms with Gasteiger partial charge < -0.3 is 9.84 Å². The van der Waals surface area contributed by atoms with E-state index in [0.29, 0.717) is 4.31 Å². The van der Waals surface area contributed by atoms with Crippen LogP contribution in [0.1, 0.15) is 20.3 Å². The van der Waals surface area contributed by atoms with Crippen molar-refractivity contribution in [3.05, 3.63) is 18.2 Å². The number of nitrogens with zero attached hydrogens (tertiary/aromatic N) is 1. The highest BCUT2D eigenvalue weighted by molar-refractivity contribution is 7.94. The maximum atomic E-state index is 12.5. The third-order valence-electron chi connectivity index (χ3n) is 3.44. The van der Waals surface area contributed by atoms with Crippen LogP contribution in [-0.4, -0.2) is 52.9 Å². The van der Waals surface area contributed by atoms with Crippen molar-refractivity contribution < 1.29 is 31.5 Å². The van der Waals surface area contributed by atoms with Gasteiger partial charge in [0.25, 0.3) is 0 Å². The third kappa shape index (κ3) is 4.29. The Balaban J connectivity index is 2.50. The molecule has 1 heterocycles. The number of aliphatic hydroxyl groups is 1. The lowest BCUT2D eigenvalue weighted by Crippen LogP contribution is -2.38. The van der Waals surface area contributed by atoms with Crippen molar-refractivity contribution in [1.82, 2.24) is 4.72 Å². The van der Waals surface area contributed by atoms with E-state index in [0.717, 1.165) is 6.07 Å². The zero-order chi connectivity index (χ0) is 19.0. The number of ether oxygens (including phenoxy) is 1. The average molecular weight is 392 g/mol. The molecule has 140 valence electrons. The molecule has 9 nitrogen and oxygen atoms in total. The number of hydrogen-bond acceptors (Lipinski definition) is 7. The molecule has 1 amide bonds. The quantitative estimate of drug-likeness (QED) is 0.686. The summed E-state index contributed by atoms with van der Waals surface area (Å²) in [5, 5.41) is 9.69. The molecule has 25 heavy (non-hydrogen) atoms. The predicted molar refractivity (Wildman–Crippen MR) is 90.4 cm³/mol. The summed E-state index contributed by atoms with van der Waals surface area (Å²) in [7, 11) is -6.66. The topological polar surface area (TPSA) is 130 Å². The van der Waals surface area contributed by atoms with Crippen LogP contribution < -0.4 is 13.8 Å². The summed E-state index contributed by atoms with van der Waals surface area (Å²) >= 11 is 0. The van der Waals surface area contributed by atoms with Crippen LogP contribution in [0.25, 0.3) is 0 Å². The molecular formula is C14H20N2O7S2. The molecule has 1 aromatic rings. The SMILES string of the molecule is COc1ccc(N2C(=O)CCS2(=O)=O)cc1S(=O)(=O)NCC(C)(C)O. The van der Waals surface area contributed by atoms with Gasteiger partial charge in [0.05, 0.1) is 24.2 Å². The average Bonchev–Trinajstić information content (AvgIpc) is 2.77. The number of hydrogen-bond donors (Lipinski definition) is 2. The molecule has 0 radical (unpaired) electrons. The monoisotopic (exact) mass is 392 g/mol. The summed E-state index contributed by atoms with van der Waals surface area (Å²) in [5.74, 6) is -0.967. The highest BCUT2D eigenvalue weighted by Crippen LogP contribution is 2.32. The second kappa shape index (κ2) is 6.56. The Labute approximate surface area is 146 Å². The van der Waals surface area contributed by atoms with E-state index < -0.39 is 31.6 Å². The Morgan fingerprint density at radius 2 is 2.00 bits per heavy atom. The van der Waals surface area contributed by atoms with Crippen molar-refractivity contribution in [3.63, 3.8) is 0 Å². The highest BCUT2D eigenvalue weighted by Gasteiger charge is 2.37. The Kier molecular flexibility index (Phi) is 5.15. The first-order valence-electron chi connectivity index (χ1n) is 7.33. The standard InChI is InChI=1S/C14H20N2O7S2/c1-14(2,18)9-15-25(21,22)12-8-10(4-5-11(12)23-3)16-13(17)6-7-24(16,19)20/h4-5,8,15,18H,6-7,9H2,1-3H3. The van der Waals surface area contributed by atoms with Crippen LogP contribution in [0.4, 0.5) is 5.69 Å². The van der Waals surface area contributed by atoms with Crippen LogP contribution in [0, 0.1) is 0 Å². The van der Waals surface area contributed by atoms with E-state index >= 15 is 0 Å².